The molecule has 7 nitrogen and oxygen atoms in total. The van der Waals surface area contributed by atoms with E-state index in [0.29, 0.717) is 19.0 Å². The van der Waals surface area contributed by atoms with Crippen LogP contribution in [0.2, 0.25) is 0 Å². The minimum atomic E-state index is -3.65. The molecule has 1 saturated heterocycles. The summed E-state index contributed by atoms with van der Waals surface area (Å²) in [6, 6.07) is 15.7. The van der Waals surface area contributed by atoms with E-state index in [9.17, 15) is 18.0 Å². The molecule has 1 heterocycles. The van der Waals surface area contributed by atoms with E-state index in [1.807, 2.05) is 18.2 Å². The van der Waals surface area contributed by atoms with Crippen molar-refractivity contribution in [3.05, 3.63) is 65.7 Å². The zero-order chi connectivity index (χ0) is 20.9. The van der Waals surface area contributed by atoms with Crippen molar-refractivity contribution in [2.45, 2.75) is 30.1 Å². The monoisotopic (exact) mass is 416 g/mol. The first kappa shape index (κ1) is 21.0. The van der Waals surface area contributed by atoms with Crippen LogP contribution in [0, 0.1) is 0 Å². The van der Waals surface area contributed by atoms with Crippen LogP contribution >= 0.6 is 0 Å². The zero-order valence-corrected chi connectivity index (χ0v) is 16.8. The molecule has 8 heteroatoms. The highest BCUT2D eigenvalue weighted by Crippen LogP contribution is 2.30. The topological polar surface area (TPSA) is 104 Å². The van der Waals surface area contributed by atoms with Gasteiger partial charge in [-0.3, -0.25) is 9.59 Å². The van der Waals surface area contributed by atoms with Gasteiger partial charge < -0.3 is 10.4 Å². The molecule has 1 fully saturated rings. The summed E-state index contributed by atoms with van der Waals surface area (Å²) in [7, 11) is -3.65. The van der Waals surface area contributed by atoms with E-state index in [1.54, 1.807) is 0 Å². The van der Waals surface area contributed by atoms with Gasteiger partial charge in [0.25, 0.3) is 5.91 Å². The molecule has 1 aliphatic heterocycles. The highest BCUT2D eigenvalue weighted by Gasteiger charge is 2.28. The molecule has 3 rings (SSSR count). The Bertz CT molecular complexity index is 958. The lowest BCUT2D eigenvalue weighted by molar-refractivity contribution is -0.135. The SMILES string of the molecule is O=C(O)CNC(=O)c1ccc(S(=O)(=O)N2CCCC(c3ccccc3)CC2)cc1. The first-order chi connectivity index (χ1) is 13.9. The van der Waals surface area contributed by atoms with Gasteiger partial charge in [-0.2, -0.15) is 4.31 Å². The Morgan fingerprint density at radius 1 is 1.00 bits per heavy atom. The molecular formula is C21H24N2O5S. The lowest BCUT2D eigenvalue weighted by Gasteiger charge is -2.20. The molecule has 0 saturated carbocycles. The summed E-state index contributed by atoms with van der Waals surface area (Å²) in [4.78, 5) is 22.6. The number of nitrogens with zero attached hydrogens (tertiary/aromatic N) is 1. The molecule has 154 valence electrons. The minimum absolute atomic E-state index is 0.130. The largest absolute Gasteiger partial charge is 0.480 e. The van der Waals surface area contributed by atoms with Gasteiger partial charge in [0.2, 0.25) is 10.0 Å². The molecule has 0 aliphatic carbocycles. The molecule has 0 bridgehead atoms. The number of benzene rings is 2. The molecule has 0 spiro atoms. The number of carbonyl (C=O) groups excluding carboxylic acids is 1. The molecule has 29 heavy (non-hydrogen) atoms. The molecule has 1 unspecified atom stereocenters. The van der Waals surface area contributed by atoms with Crippen molar-refractivity contribution in [1.29, 1.82) is 0 Å². The second-order valence-corrected chi connectivity index (χ2v) is 8.98. The van der Waals surface area contributed by atoms with Crippen LogP contribution in [0.4, 0.5) is 0 Å². The van der Waals surface area contributed by atoms with E-state index in [4.69, 9.17) is 5.11 Å². The van der Waals surface area contributed by atoms with Gasteiger partial charge in [-0.1, -0.05) is 30.3 Å². The normalized spacial score (nSPS) is 18.0. The summed E-state index contributed by atoms with van der Waals surface area (Å²) in [5.74, 6) is -1.36. The molecule has 1 atom stereocenters. The number of rotatable bonds is 6. The van der Waals surface area contributed by atoms with Crippen molar-refractivity contribution in [3.8, 4) is 0 Å². The van der Waals surface area contributed by atoms with Gasteiger partial charge in [-0.15, -0.1) is 0 Å². The Morgan fingerprint density at radius 2 is 1.69 bits per heavy atom. The van der Waals surface area contributed by atoms with Crippen LogP contribution in [-0.2, 0) is 14.8 Å². The number of nitrogens with one attached hydrogen (secondary N) is 1. The second-order valence-electron chi connectivity index (χ2n) is 7.04. The molecule has 1 aliphatic rings. The van der Waals surface area contributed by atoms with Gasteiger partial charge in [0.1, 0.15) is 6.54 Å². The van der Waals surface area contributed by atoms with Crippen molar-refractivity contribution in [1.82, 2.24) is 9.62 Å². The van der Waals surface area contributed by atoms with E-state index in [1.165, 1.54) is 34.1 Å². The van der Waals surface area contributed by atoms with Crippen LogP contribution in [0.3, 0.4) is 0 Å². The second kappa shape index (κ2) is 9.19. The lowest BCUT2D eigenvalue weighted by Crippen LogP contribution is -2.32. The highest BCUT2D eigenvalue weighted by molar-refractivity contribution is 7.89. The third-order valence-electron chi connectivity index (χ3n) is 5.11. The van der Waals surface area contributed by atoms with E-state index >= 15 is 0 Å². The molecular weight excluding hydrogens is 392 g/mol. The number of hydrogen-bond donors (Lipinski definition) is 2. The number of aliphatic carboxylic acids is 1. The quantitative estimate of drug-likeness (QED) is 0.753. The first-order valence-corrected chi connectivity index (χ1v) is 11.0. The van der Waals surface area contributed by atoms with Gasteiger partial charge in [0.05, 0.1) is 4.90 Å². The number of carbonyl (C=O) groups is 2. The van der Waals surface area contributed by atoms with Crippen molar-refractivity contribution >= 4 is 21.9 Å². The standard InChI is InChI=1S/C21H24N2O5S/c24-20(25)15-22-21(26)18-8-10-19(11-9-18)29(27,28)23-13-4-7-17(12-14-23)16-5-2-1-3-6-16/h1-3,5-6,8-11,17H,4,7,12-15H2,(H,22,26)(H,24,25). The minimum Gasteiger partial charge on any atom is -0.480 e. The Kier molecular flexibility index (Phi) is 6.66. The van der Waals surface area contributed by atoms with Crippen molar-refractivity contribution in [2.24, 2.45) is 0 Å². The number of sulfonamides is 1. The van der Waals surface area contributed by atoms with Crippen molar-refractivity contribution < 1.29 is 23.1 Å². The van der Waals surface area contributed by atoms with Crippen LogP contribution in [0.25, 0.3) is 0 Å². The van der Waals surface area contributed by atoms with Crippen molar-refractivity contribution in [3.63, 3.8) is 0 Å². The van der Waals surface area contributed by atoms with Crippen LogP contribution < -0.4 is 5.32 Å². The Labute approximate surface area is 170 Å². The fourth-order valence-electron chi connectivity index (χ4n) is 3.55. The predicted octanol–water partition coefficient (Wildman–Crippen LogP) is 2.46. The fourth-order valence-corrected chi connectivity index (χ4v) is 5.05. The first-order valence-electron chi connectivity index (χ1n) is 9.53. The number of amides is 1. The molecule has 1 amide bonds. The number of hydrogen-bond acceptors (Lipinski definition) is 4. The summed E-state index contributed by atoms with van der Waals surface area (Å²) in [6.45, 7) is 0.421. The van der Waals surface area contributed by atoms with Crippen molar-refractivity contribution in [2.75, 3.05) is 19.6 Å². The Morgan fingerprint density at radius 3 is 2.34 bits per heavy atom. The maximum Gasteiger partial charge on any atom is 0.322 e. The molecule has 0 aromatic heterocycles. The predicted molar refractivity (Wildman–Crippen MR) is 108 cm³/mol. The van der Waals surface area contributed by atoms with E-state index in [0.717, 1.165) is 19.3 Å². The molecule has 2 aromatic carbocycles. The van der Waals surface area contributed by atoms with E-state index in [-0.39, 0.29) is 10.5 Å². The summed E-state index contributed by atoms with van der Waals surface area (Å²) in [6.07, 6.45) is 2.49. The Hall–Kier alpha value is -2.71. The van der Waals surface area contributed by atoms with Crippen LogP contribution in [0.5, 0.6) is 0 Å². The third kappa shape index (κ3) is 5.21. The van der Waals surface area contributed by atoms with E-state index < -0.39 is 28.4 Å². The summed E-state index contributed by atoms with van der Waals surface area (Å²) in [5.41, 5.74) is 1.45. The number of carboxylic acids is 1. The van der Waals surface area contributed by atoms with E-state index in [2.05, 4.69) is 17.4 Å². The van der Waals surface area contributed by atoms with Gasteiger partial charge in [-0.05, 0) is 55.0 Å². The molecule has 2 aromatic rings. The van der Waals surface area contributed by atoms with Gasteiger partial charge >= 0.3 is 5.97 Å². The number of carboxylic acid groups (broad SMARTS) is 1. The Balaban J connectivity index is 1.68. The van der Waals surface area contributed by atoms with Gasteiger partial charge in [-0.25, -0.2) is 8.42 Å². The lowest BCUT2D eigenvalue weighted by atomic mass is 9.92. The molecule has 0 radical (unpaired) electrons. The summed E-state index contributed by atoms with van der Waals surface area (Å²) in [5, 5.41) is 10.9. The zero-order valence-electron chi connectivity index (χ0n) is 16.0. The highest BCUT2D eigenvalue weighted by atomic mass is 32.2. The maximum absolute atomic E-state index is 13.0. The van der Waals surface area contributed by atoms with Crippen LogP contribution in [0.15, 0.2) is 59.5 Å². The van der Waals surface area contributed by atoms with Gasteiger partial charge in [0, 0.05) is 18.7 Å². The van der Waals surface area contributed by atoms with Gasteiger partial charge in [0.15, 0.2) is 0 Å². The van der Waals surface area contributed by atoms with Crippen LogP contribution in [0.1, 0.15) is 41.1 Å². The average molecular weight is 416 g/mol. The molecule has 2 N–H and O–H groups in total. The van der Waals surface area contributed by atoms with Crippen LogP contribution in [-0.4, -0.2) is 49.3 Å². The summed E-state index contributed by atoms with van der Waals surface area (Å²) < 4.78 is 27.6. The fraction of sp³-hybridized carbons (Fsp3) is 0.333. The average Bonchev–Trinajstić information content (AvgIpc) is 2.99. The maximum atomic E-state index is 13.0. The third-order valence-corrected chi connectivity index (χ3v) is 7.03. The smallest absolute Gasteiger partial charge is 0.322 e. The summed E-state index contributed by atoms with van der Waals surface area (Å²) >= 11 is 0.